The molecule has 0 amide bonds. The first-order chi connectivity index (χ1) is 12.7. The fourth-order valence-corrected chi connectivity index (χ4v) is 3.22. The summed E-state index contributed by atoms with van der Waals surface area (Å²) < 4.78 is 0. The predicted octanol–water partition coefficient (Wildman–Crippen LogP) is 2.65. The van der Waals surface area contributed by atoms with E-state index in [1.807, 2.05) is 30.3 Å². The molecule has 0 aliphatic carbocycles. The lowest BCUT2D eigenvalue weighted by molar-refractivity contribution is 0.242. The molecule has 4 N–H and O–H groups in total. The third-order valence-corrected chi connectivity index (χ3v) is 4.57. The molecule has 1 aromatic heterocycles. The highest BCUT2D eigenvalue weighted by atomic mass is 16.1. The summed E-state index contributed by atoms with van der Waals surface area (Å²) in [4.78, 5) is 22.3. The SMILES string of the molecule is Nc1ccc(Nc2nc3c(c(=O)[nH]2)CN(Cc2ccccc2)CC3)cc1. The highest BCUT2D eigenvalue weighted by Gasteiger charge is 2.21. The number of nitrogens with one attached hydrogen (secondary N) is 2. The molecule has 3 aromatic rings. The normalized spacial score (nSPS) is 14.0. The molecule has 1 aliphatic heterocycles. The third kappa shape index (κ3) is 3.60. The van der Waals surface area contributed by atoms with Gasteiger partial charge in [0.05, 0.1) is 11.3 Å². The molecule has 132 valence electrons. The number of hydrogen-bond acceptors (Lipinski definition) is 5. The van der Waals surface area contributed by atoms with Crippen LogP contribution in [0.4, 0.5) is 17.3 Å². The summed E-state index contributed by atoms with van der Waals surface area (Å²) in [5, 5.41) is 3.14. The molecular weight excluding hydrogens is 326 g/mol. The fraction of sp³-hybridized carbons (Fsp3) is 0.200. The summed E-state index contributed by atoms with van der Waals surface area (Å²) in [6, 6.07) is 17.6. The molecule has 0 radical (unpaired) electrons. The van der Waals surface area contributed by atoms with E-state index in [9.17, 15) is 4.79 Å². The van der Waals surface area contributed by atoms with Crippen LogP contribution in [0.1, 0.15) is 16.8 Å². The van der Waals surface area contributed by atoms with Gasteiger partial charge in [-0.2, -0.15) is 0 Å². The largest absolute Gasteiger partial charge is 0.399 e. The zero-order valence-electron chi connectivity index (χ0n) is 14.4. The van der Waals surface area contributed by atoms with E-state index >= 15 is 0 Å². The van der Waals surface area contributed by atoms with Crippen LogP contribution < -0.4 is 16.6 Å². The Hall–Kier alpha value is -3.12. The Bertz CT molecular complexity index is 950. The van der Waals surface area contributed by atoms with Crippen molar-refractivity contribution in [2.45, 2.75) is 19.5 Å². The fourth-order valence-electron chi connectivity index (χ4n) is 3.22. The summed E-state index contributed by atoms with van der Waals surface area (Å²) in [6.07, 6.45) is 0.766. The molecule has 0 saturated carbocycles. The maximum absolute atomic E-state index is 12.5. The van der Waals surface area contributed by atoms with Gasteiger partial charge < -0.3 is 11.1 Å². The van der Waals surface area contributed by atoms with Gasteiger partial charge in [0.25, 0.3) is 5.56 Å². The number of nitrogen functional groups attached to an aromatic ring is 1. The van der Waals surface area contributed by atoms with Gasteiger partial charge >= 0.3 is 0 Å². The van der Waals surface area contributed by atoms with Gasteiger partial charge in [-0.1, -0.05) is 30.3 Å². The zero-order chi connectivity index (χ0) is 17.9. The van der Waals surface area contributed by atoms with E-state index in [1.54, 1.807) is 12.1 Å². The van der Waals surface area contributed by atoms with Crippen LogP contribution in [-0.2, 0) is 19.5 Å². The van der Waals surface area contributed by atoms with Crippen LogP contribution >= 0.6 is 0 Å². The second-order valence-corrected chi connectivity index (χ2v) is 6.53. The Morgan fingerprint density at radius 3 is 2.65 bits per heavy atom. The molecule has 2 heterocycles. The molecular formula is C20H21N5O. The number of nitrogens with zero attached hydrogens (tertiary/aromatic N) is 2. The summed E-state index contributed by atoms with van der Waals surface area (Å²) in [6.45, 7) is 2.35. The second kappa shape index (κ2) is 7.01. The molecule has 0 atom stereocenters. The third-order valence-electron chi connectivity index (χ3n) is 4.57. The summed E-state index contributed by atoms with van der Waals surface area (Å²) >= 11 is 0. The topological polar surface area (TPSA) is 87.0 Å². The van der Waals surface area contributed by atoms with Crippen LogP contribution in [0.2, 0.25) is 0 Å². The van der Waals surface area contributed by atoms with Gasteiger partial charge in [-0.15, -0.1) is 0 Å². The van der Waals surface area contributed by atoms with E-state index in [4.69, 9.17) is 5.73 Å². The highest BCUT2D eigenvalue weighted by molar-refractivity contribution is 5.57. The Kier molecular flexibility index (Phi) is 4.41. The molecule has 0 unspecified atom stereocenters. The number of H-pyrrole nitrogens is 1. The van der Waals surface area contributed by atoms with Crippen LogP contribution in [0.5, 0.6) is 0 Å². The highest BCUT2D eigenvalue weighted by Crippen LogP contribution is 2.19. The molecule has 0 spiro atoms. The Balaban J connectivity index is 1.51. The van der Waals surface area contributed by atoms with E-state index in [0.29, 0.717) is 18.2 Å². The summed E-state index contributed by atoms with van der Waals surface area (Å²) in [5.74, 6) is 0.468. The Labute approximate surface area is 151 Å². The molecule has 0 saturated heterocycles. The van der Waals surface area contributed by atoms with Crippen molar-refractivity contribution in [1.29, 1.82) is 0 Å². The number of aromatic amines is 1. The van der Waals surface area contributed by atoms with Gasteiger partial charge in [0.15, 0.2) is 0 Å². The maximum atomic E-state index is 12.5. The standard InChI is InChI=1S/C20H21N5O/c21-15-6-8-16(9-7-15)22-20-23-18-10-11-25(13-17(18)19(26)24-20)12-14-4-2-1-3-5-14/h1-9H,10-13,21H2,(H2,22,23,24,26). The Morgan fingerprint density at radius 2 is 1.88 bits per heavy atom. The van der Waals surface area contributed by atoms with Gasteiger partial charge in [-0.05, 0) is 29.8 Å². The Morgan fingerprint density at radius 1 is 1.12 bits per heavy atom. The minimum Gasteiger partial charge on any atom is -0.399 e. The van der Waals surface area contributed by atoms with Gasteiger partial charge in [0.1, 0.15) is 0 Å². The number of rotatable bonds is 4. The van der Waals surface area contributed by atoms with Crippen molar-refractivity contribution < 1.29 is 0 Å². The zero-order valence-corrected chi connectivity index (χ0v) is 14.4. The molecule has 0 bridgehead atoms. The average molecular weight is 347 g/mol. The van der Waals surface area contributed by atoms with Crippen molar-refractivity contribution in [1.82, 2.24) is 14.9 Å². The molecule has 4 rings (SSSR count). The van der Waals surface area contributed by atoms with Crippen molar-refractivity contribution in [3.63, 3.8) is 0 Å². The van der Waals surface area contributed by atoms with E-state index in [0.717, 1.165) is 36.5 Å². The van der Waals surface area contributed by atoms with Gasteiger partial charge in [0, 0.05) is 37.4 Å². The minimum absolute atomic E-state index is 0.0780. The van der Waals surface area contributed by atoms with E-state index < -0.39 is 0 Å². The molecule has 1 aliphatic rings. The van der Waals surface area contributed by atoms with Gasteiger partial charge in [-0.3, -0.25) is 14.7 Å². The molecule has 2 aromatic carbocycles. The van der Waals surface area contributed by atoms with Crippen molar-refractivity contribution in [2.24, 2.45) is 0 Å². The van der Waals surface area contributed by atoms with Crippen molar-refractivity contribution in [3.05, 3.63) is 81.8 Å². The monoisotopic (exact) mass is 347 g/mol. The quantitative estimate of drug-likeness (QED) is 0.632. The maximum Gasteiger partial charge on any atom is 0.257 e. The summed E-state index contributed by atoms with van der Waals surface area (Å²) in [5.41, 5.74) is 10.0. The second-order valence-electron chi connectivity index (χ2n) is 6.53. The number of hydrogen-bond donors (Lipinski definition) is 3. The average Bonchev–Trinajstić information content (AvgIpc) is 2.65. The number of anilines is 3. The van der Waals surface area contributed by atoms with Crippen LogP contribution in [0.15, 0.2) is 59.4 Å². The number of aromatic nitrogens is 2. The summed E-state index contributed by atoms with van der Waals surface area (Å²) in [7, 11) is 0. The van der Waals surface area contributed by atoms with Crippen LogP contribution in [0, 0.1) is 0 Å². The van der Waals surface area contributed by atoms with Crippen molar-refractivity contribution >= 4 is 17.3 Å². The molecule has 26 heavy (non-hydrogen) atoms. The lowest BCUT2D eigenvalue weighted by Gasteiger charge is -2.27. The smallest absolute Gasteiger partial charge is 0.257 e. The lowest BCUT2D eigenvalue weighted by atomic mass is 10.1. The van der Waals surface area contributed by atoms with Crippen LogP contribution in [0.3, 0.4) is 0 Å². The predicted molar refractivity (Wildman–Crippen MR) is 103 cm³/mol. The van der Waals surface area contributed by atoms with Crippen molar-refractivity contribution in [2.75, 3.05) is 17.6 Å². The molecule has 0 fully saturated rings. The van der Waals surface area contributed by atoms with Crippen molar-refractivity contribution in [3.8, 4) is 0 Å². The van der Waals surface area contributed by atoms with E-state index in [-0.39, 0.29) is 5.56 Å². The van der Waals surface area contributed by atoms with Crippen LogP contribution in [0.25, 0.3) is 0 Å². The lowest BCUT2D eigenvalue weighted by Crippen LogP contribution is -2.35. The first kappa shape index (κ1) is 16.4. The van der Waals surface area contributed by atoms with Crippen LogP contribution in [-0.4, -0.2) is 21.4 Å². The first-order valence-electron chi connectivity index (χ1n) is 8.68. The van der Waals surface area contributed by atoms with E-state index in [2.05, 4.69) is 32.3 Å². The first-order valence-corrected chi connectivity index (χ1v) is 8.68. The number of nitrogens with two attached hydrogens (primary N) is 1. The molecule has 6 nitrogen and oxygen atoms in total. The number of fused-ring (bicyclic) bond motifs is 1. The number of benzene rings is 2. The van der Waals surface area contributed by atoms with Gasteiger partial charge in [0.2, 0.25) is 5.95 Å². The minimum atomic E-state index is -0.0780. The molecule has 6 heteroatoms. The van der Waals surface area contributed by atoms with Gasteiger partial charge in [-0.25, -0.2) is 4.98 Å². The van der Waals surface area contributed by atoms with E-state index in [1.165, 1.54) is 5.56 Å².